The zero-order valence-corrected chi connectivity index (χ0v) is 17.5. The minimum absolute atomic E-state index is 0. The van der Waals surface area contributed by atoms with Crippen LogP contribution in [0.4, 0.5) is 0 Å². The Bertz CT molecular complexity index is 788. The Hall–Kier alpha value is -1.64. The molecule has 2 atom stereocenters. The molecule has 2 amide bonds. The van der Waals surface area contributed by atoms with Crippen LogP contribution in [0, 0.1) is 5.92 Å². The van der Waals surface area contributed by atoms with Crippen molar-refractivity contribution < 1.29 is 18.0 Å². The van der Waals surface area contributed by atoms with Crippen molar-refractivity contribution in [3.05, 3.63) is 35.9 Å². The van der Waals surface area contributed by atoms with Crippen LogP contribution < -0.4 is 5.73 Å². The van der Waals surface area contributed by atoms with Crippen molar-refractivity contribution in [2.45, 2.75) is 31.8 Å². The molecule has 2 saturated heterocycles. The third-order valence-corrected chi connectivity index (χ3v) is 7.07. The molecule has 0 aromatic heterocycles. The fourth-order valence-corrected chi connectivity index (χ4v) is 5.61. The highest BCUT2D eigenvalue weighted by atomic mass is 35.5. The van der Waals surface area contributed by atoms with Crippen molar-refractivity contribution in [1.82, 2.24) is 9.80 Å². The van der Waals surface area contributed by atoms with E-state index in [9.17, 15) is 18.0 Å². The maximum atomic E-state index is 13.1. The summed E-state index contributed by atoms with van der Waals surface area (Å²) >= 11 is 0. The first-order chi connectivity index (χ1) is 12.9. The maximum Gasteiger partial charge on any atom is 0.228 e. The summed E-state index contributed by atoms with van der Waals surface area (Å²) < 4.78 is 23.4. The van der Waals surface area contributed by atoms with Crippen molar-refractivity contribution in [3.8, 4) is 0 Å². The Kier molecular flexibility index (Phi) is 7.86. The number of carbonyl (C=O) groups excluding carboxylic acids is 2. The van der Waals surface area contributed by atoms with E-state index in [2.05, 4.69) is 0 Å². The van der Waals surface area contributed by atoms with Crippen molar-refractivity contribution in [3.63, 3.8) is 0 Å². The van der Waals surface area contributed by atoms with Gasteiger partial charge in [0.25, 0.3) is 0 Å². The van der Waals surface area contributed by atoms with Crippen LogP contribution in [0.15, 0.2) is 30.3 Å². The van der Waals surface area contributed by atoms with Gasteiger partial charge in [0.05, 0.1) is 17.4 Å². The number of nitrogens with two attached hydrogens (primary N) is 1. The van der Waals surface area contributed by atoms with Gasteiger partial charge in [0.1, 0.15) is 0 Å². The number of hydrogen-bond donors (Lipinski definition) is 1. The molecule has 7 nitrogen and oxygen atoms in total. The summed E-state index contributed by atoms with van der Waals surface area (Å²) in [4.78, 5) is 28.9. The van der Waals surface area contributed by atoms with Gasteiger partial charge in [-0.05, 0) is 24.9 Å². The fourth-order valence-electron chi connectivity index (χ4n) is 3.88. The van der Waals surface area contributed by atoms with Crippen LogP contribution in [-0.2, 0) is 26.0 Å². The van der Waals surface area contributed by atoms with Crippen molar-refractivity contribution >= 4 is 34.1 Å². The number of rotatable bonds is 7. The molecule has 156 valence electrons. The second kappa shape index (κ2) is 9.71. The summed E-state index contributed by atoms with van der Waals surface area (Å²) in [6.45, 7) is 1.84. The molecule has 1 aromatic carbocycles. The average Bonchev–Trinajstić information content (AvgIpc) is 3.20. The Morgan fingerprint density at radius 3 is 2.57 bits per heavy atom. The van der Waals surface area contributed by atoms with Gasteiger partial charge in [0.15, 0.2) is 9.84 Å². The normalized spacial score (nSPS) is 23.5. The first kappa shape index (κ1) is 22.6. The van der Waals surface area contributed by atoms with Crippen LogP contribution in [0.5, 0.6) is 0 Å². The molecule has 9 heteroatoms. The van der Waals surface area contributed by atoms with Gasteiger partial charge >= 0.3 is 0 Å². The third-order valence-electron chi connectivity index (χ3n) is 5.32. The largest absolute Gasteiger partial charge is 0.338 e. The van der Waals surface area contributed by atoms with E-state index in [-0.39, 0.29) is 48.2 Å². The van der Waals surface area contributed by atoms with Crippen LogP contribution in [0.2, 0.25) is 0 Å². The molecule has 2 fully saturated rings. The first-order valence-electron chi connectivity index (χ1n) is 9.42. The third kappa shape index (κ3) is 5.46. The lowest BCUT2D eigenvalue weighted by atomic mass is 10.1. The summed E-state index contributed by atoms with van der Waals surface area (Å²) in [5.74, 6) is -0.447. The van der Waals surface area contributed by atoms with Crippen LogP contribution >= 0.6 is 12.4 Å². The van der Waals surface area contributed by atoms with Gasteiger partial charge in [-0.1, -0.05) is 30.3 Å². The van der Waals surface area contributed by atoms with Gasteiger partial charge in [-0.2, -0.15) is 0 Å². The number of carbonyl (C=O) groups is 2. The van der Waals surface area contributed by atoms with E-state index >= 15 is 0 Å². The number of hydrogen-bond acceptors (Lipinski definition) is 5. The number of likely N-dealkylation sites (tertiary alicyclic amines) is 1. The molecule has 0 aliphatic carbocycles. The highest BCUT2D eigenvalue weighted by Gasteiger charge is 2.42. The lowest BCUT2D eigenvalue weighted by Crippen LogP contribution is -2.40. The molecular weight excluding hydrogens is 402 g/mol. The number of benzene rings is 1. The summed E-state index contributed by atoms with van der Waals surface area (Å²) in [5.41, 5.74) is 6.65. The van der Waals surface area contributed by atoms with Gasteiger partial charge in [-0.3, -0.25) is 9.59 Å². The van der Waals surface area contributed by atoms with E-state index < -0.39 is 15.8 Å². The van der Waals surface area contributed by atoms with E-state index in [0.29, 0.717) is 39.0 Å². The average molecular weight is 430 g/mol. The fraction of sp³-hybridized carbons (Fsp3) is 0.579. The van der Waals surface area contributed by atoms with Gasteiger partial charge in [-0.15, -0.1) is 12.4 Å². The molecule has 2 N–H and O–H groups in total. The minimum atomic E-state index is -3.07. The van der Waals surface area contributed by atoms with Crippen LogP contribution in [-0.4, -0.2) is 67.2 Å². The molecule has 2 aliphatic heterocycles. The topological polar surface area (TPSA) is 101 Å². The number of halogens is 1. The number of nitrogens with zero attached hydrogens (tertiary/aromatic N) is 2. The van der Waals surface area contributed by atoms with Gasteiger partial charge in [0.2, 0.25) is 11.8 Å². The predicted octanol–water partition coefficient (Wildman–Crippen LogP) is 0.821. The molecule has 0 spiro atoms. The zero-order chi connectivity index (χ0) is 19.4. The molecule has 0 saturated carbocycles. The Morgan fingerprint density at radius 1 is 1.25 bits per heavy atom. The minimum Gasteiger partial charge on any atom is -0.338 e. The second-order valence-electron chi connectivity index (χ2n) is 7.39. The van der Waals surface area contributed by atoms with Crippen molar-refractivity contribution in [2.24, 2.45) is 11.7 Å². The monoisotopic (exact) mass is 429 g/mol. The summed E-state index contributed by atoms with van der Waals surface area (Å²) in [6.07, 6.45) is 1.32. The van der Waals surface area contributed by atoms with E-state index in [0.717, 1.165) is 5.56 Å². The molecule has 28 heavy (non-hydrogen) atoms. The lowest BCUT2D eigenvalue weighted by Gasteiger charge is -2.27. The Balaban J connectivity index is 0.00000280. The quantitative estimate of drug-likeness (QED) is 0.691. The second-order valence-corrected chi connectivity index (χ2v) is 9.62. The van der Waals surface area contributed by atoms with E-state index in [4.69, 9.17) is 5.73 Å². The summed E-state index contributed by atoms with van der Waals surface area (Å²) in [5, 5.41) is 0. The SMILES string of the molecule is Cl.NCCCN(Cc1ccccc1)C(=O)C1CC(=O)N(C2CCS(=O)(=O)C2)C1. The smallest absolute Gasteiger partial charge is 0.228 e. The summed E-state index contributed by atoms with van der Waals surface area (Å²) in [7, 11) is -3.07. The van der Waals surface area contributed by atoms with Gasteiger partial charge in [-0.25, -0.2) is 8.42 Å². The molecule has 2 unspecified atom stereocenters. The van der Waals surface area contributed by atoms with E-state index in [1.54, 1.807) is 9.80 Å². The first-order valence-corrected chi connectivity index (χ1v) is 11.2. The molecule has 0 radical (unpaired) electrons. The summed E-state index contributed by atoms with van der Waals surface area (Å²) in [6, 6.07) is 9.45. The van der Waals surface area contributed by atoms with E-state index in [1.165, 1.54) is 0 Å². The Labute approximate surface area is 172 Å². The molecule has 0 bridgehead atoms. The molecule has 1 aromatic rings. The number of sulfone groups is 1. The number of amides is 2. The molecule has 3 rings (SSSR count). The van der Waals surface area contributed by atoms with Gasteiger partial charge < -0.3 is 15.5 Å². The van der Waals surface area contributed by atoms with E-state index in [1.807, 2.05) is 30.3 Å². The van der Waals surface area contributed by atoms with Crippen LogP contribution in [0.1, 0.15) is 24.8 Å². The highest BCUT2D eigenvalue weighted by molar-refractivity contribution is 7.91. The van der Waals surface area contributed by atoms with Crippen LogP contribution in [0.3, 0.4) is 0 Å². The van der Waals surface area contributed by atoms with Gasteiger partial charge in [0, 0.05) is 32.1 Å². The maximum absolute atomic E-state index is 13.1. The van der Waals surface area contributed by atoms with Crippen molar-refractivity contribution in [2.75, 3.05) is 31.1 Å². The van der Waals surface area contributed by atoms with Crippen molar-refractivity contribution in [1.29, 1.82) is 0 Å². The van der Waals surface area contributed by atoms with Crippen LogP contribution in [0.25, 0.3) is 0 Å². The lowest BCUT2D eigenvalue weighted by molar-refractivity contribution is -0.136. The molecular formula is C19H28ClN3O4S. The molecule has 2 aliphatic rings. The molecule has 2 heterocycles. The highest BCUT2D eigenvalue weighted by Crippen LogP contribution is 2.27. The predicted molar refractivity (Wildman–Crippen MR) is 110 cm³/mol. The Morgan fingerprint density at radius 2 is 1.96 bits per heavy atom. The zero-order valence-electron chi connectivity index (χ0n) is 15.8. The standard InChI is InChI=1S/C19H27N3O4S.ClH/c20-8-4-9-21(12-15-5-2-1-3-6-15)19(24)16-11-18(23)22(13-16)17-7-10-27(25,26)14-17;/h1-3,5-6,16-17H,4,7-14,20H2;1H.